The van der Waals surface area contributed by atoms with Gasteiger partial charge in [-0.25, -0.2) is 5.01 Å². The van der Waals surface area contributed by atoms with Crippen LogP contribution in [0.25, 0.3) is 0 Å². The maximum Gasteiger partial charge on any atom is 0.150 e. The number of hydrazone groups is 1. The van der Waals surface area contributed by atoms with Gasteiger partial charge in [0, 0.05) is 50.4 Å². The Morgan fingerprint density at radius 3 is 2.50 bits per heavy atom. The number of rotatable bonds is 3. The summed E-state index contributed by atoms with van der Waals surface area (Å²) < 4.78 is 5.52. The maximum absolute atomic E-state index is 10.9. The highest BCUT2D eigenvalue weighted by molar-refractivity contribution is 5.94. The third-order valence-corrected chi connectivity index (χ3v) is 7.26. The van der Waals surface area contributed by atoms with E-state index in [-0.39, 0.29) is 24.0 Å². The molecule has 0 aromatic heterocycles. The molecule has 1 fully saturated rings. The highest BCUT2D eigenvalue weighted by Gasteiger charge is 2.45. The Hall–Kier alpha value is -1.47. The first-order valence-corrected chi connectivity index (χ1v) is 10.8. The molecule has 28 heavy (non-hydrogen) atoms. The molecule has 3 heterocycles. The molecule has 5 atom stereocenters. The fourth-order valence-electron chi connectivity index (χ4n) is 5.32. The number of nitrogens with zero attached hydrogens (tertiary/aromatic N) is 5. The Bertz CT molecular complexity index is 682. The van der Waals surface area contributed by atoms with Crippen molar-refractivity contribution in [2.75, 3.05) is 20.7 Å². The predicted octanol–water partition coefficient (Wildman–Crippen LogP) is 2.36. The topological polar surface area (TPSA) is 73.0 Å². The SMILES string of the molecule is COC1CCC(C2=NN3C(O)CC(C4CN(C)C(C)=NC4C)=NC3C2C)CC1. The third kappa shape index (κ3) is 3.47. The van der Waals surface area contributed by atoms with Gasteiger partial charge in [-0.1, -0.05) is 6.92 Å². The fourth-order valence-corrected chi connectivity index (χ4v) is 5.32. The van der Waals surface area contributed by atoms with E-state index in [1.807, 2.05) is 12.1 Å². The van der Waals surface area contributed by atoms with Gasteiger partial charge in [-0.05, 0) is 45.4 Å². The van der Waals surface area contributed by atoms with E-state index in [2.05, 4.69) is 32.7 Å². The van der Waals surface area contributed by atoms with E-state index >= 15 is 0 Å². The van der Waals surface area contributed by atoms with Crippen LogP contribution in [-0.2, 0) is 4.74 Å². The molecule has 0 bridgehead atoms. The van der Waals surface area contributed by atoms with Gasteiger partial charge in [-0.3, -0.25) is 9.98 Å². The summed E-state index contributed by atoms with van der Waals surface area (Å²) in [6, 6.07) is 0.204. The Kier molecular flexibility index (Phi) is 5.49. The minimum atomic E-state index is -0.586. The van der Waals surface area contributed by atoms with Crippen LogP contribution >= 0.6 is 0 Å². The van der Waals surface area contributed by atoms with Crippen LogP contribution in [0.1, 0.15) is 52.9 Å². The molecule has 3 aliphatic heterocycles. The summed E-state index contributed by atoms with van der Waals surface area (Å²) in [5.41, 5.74) is 2.34. The second-order valence-electron chi connectivity index (χ2n) is 9.03. The van der Waals surface area contributed by atoms with Crippen LogP contribution < -0.4 is 0 Å². The van der Waals surface area contributed by atoms with E-state index in [1.165, 1.54) is 5.71 Å². The van der Waals surface area contributed by atoms with E-state index in [9.17, 15) is 5.11 Å². The van der Waals surface area contributed by atoms with Crippen LogP contribution in [0.5, 0.6) is 0 Å². The normalized spacial score (nSPS) is 41.4. The zero-order chi connectivity index (χ0) is 20.0. The van der Waals surface area contributed by atoms with Crippen molar-refractivity contribution in [1.29, 1.82) is 0 Å². The molecule has 0 aromatic carbocycles. The lowest BCUT2D eigenvalue weighted by atomic mass is 9.80. The average molecular weight is 390 g/mol. The van der Waals surface area contributed by atoms with E-state index in [1.54, 1.807) is 0 Å². The summed E-state index contributed by atoms with van der Waals surface area (Å²) >= 11 is 0. The zero-order valence-corrected chi connectivity index (χ0v) is 17.9. The first-order chi connectivity index (χ1) is 13.4. The van der Waals surface area contributed by atoms with Gasteiger partial charge in [0.1, 0.15) is 12.4 Å². The molecule has 1 saturated carbocycles. The van der Waals surface area contributed by atoms with Crippen molar-refractivity contribution in [2.45, 2.75) is 77.4 Å². The fraction of sp³-hybridized carbons (Fsp3) is 0.857. The van der Waals surface area contributed by atoms with Crippen LogP contribution in [0.15, 0.2) is 15.1 Å². The molecular weight excluding hydrogens is 354 g/mol. The van der Waals surface area contributed by atoms with Crippen LogP contribution in [0.2, 0.25) is 0 Å². The molecule has 1 N–H and O–H groups in total. The quantitative estimate of drug-likeness (QED) is 0.804. The number of aliphatic hydroxyl groups is 1. The number of aliphatic hydroxyl groups excluding tert-OH is 1. The smallest absolute Gasteiger partial charge is 0.150 e. The van der Waals surface area contributed by atoms with Crippen molar-refractivity contribution in [1.82, 2.24) is 9.91 Å². The van der Waals surface area contributed by atoms with E-state index in [0.29, 0.717) is 18.4 Å². The van der Waals surface area contributed by atoms with E-state index in [0.717, 1.165) is 43.8 Å². The molecule has 0 aromatic rings. The highest BCUT2D eigenvalue weighted by Crippen LogP contribution is 2.38. The molecule has 4 rings (SSSR count). The van der Waals surface area contributed by atoms with Crippen molar-refractivity contribution in [3.63, 3.8) is 0 Å². The highest BCUT2D eigenvalue weighted by atomic mass is 16.5. The summed E-state index contributed by atoms with van der Waals surface area (Å²) in [7, 11) is 3.89. The minimum absolute atomic E-state index is 0.0709. The first-order valence-electron chi connectivity index (χ1n) is 10.8. The predicted molar refractivity (Wildman–Crippen MR) is 112 cm³/mol. The molecule has 7 heteroatoms. The largest absolute Gasteiger partial charge is 0.381 e. The molecule has 1 aliphatic carbocycles. The monoisotopic (exact) mass is 389 g/mol. The molecule has 0 saturated heterocycles. The van der Waals surface area contributed by atoms with Gasteiger partial charge < -0.3 is 14.7 Å². The first kappa shape index (κ1) is 19.8. The summed E-state index contributed by atoms with van der Waals surface area (Å²) in [6.07, 6.45) is 4.72. The lowest BCUT2D eigenvalue weighted by Gasteiger charge is -2.39. The van der Waals surface area contributed by atoms with Crippen molar-refractivity contribution >= 4 is 17.3 Å². The van der Waals surface area contributed by atoms with Crippen LogP contribution in [0, 0.1) is 17.8 Å². The van der Waals surface area contributed by atoms with Gasteiger partial charge in [-0.15, -0.1) is 0 Å². The summed E-state index contributed by atoms with van der Waals surface area (Å²) in [6.45, 7) is 7.36. The van der Waals surface area contributed by atoms with Gasteiger partial charge in [0.25, 0.3) is 0 Å². The second kappa shape index (κ2) is 7.75. The number of methoxy groups -OCH3 is 1. The minimum Gasteiger partial charge on any atom is -0.381 e. The third-order valence-electron chi connectivity index (χ3n) is 7.26. The molecule has 0 spiro atoms. The summed E-state index contributed by atoms with van der Waals surface area (Å²) in [5, 5.41) is 17.6. The van der Waals surface area contributed by atoms with Crippen molar-refractivity contribution in [2.24, 2.45) is 32.8 Å². The van der Waals surface area contributed by atoms with Crippen molar-refractivity contribution in [3.8, 4) is 0 Å². The molecule has 4 aliphatic rings. The maximum atomic E-state index is 10.9. The van der Waals surface area contributed by atoms with Gasteiger partial charge in [0.2, 0.25) is 0 Å². The van der Waals surface area contributed by atoms with Gasteiger partial charge >= 0.3 is 0 Å². The van der Waals surface area contributed by atoms with Crippen molar-refractivity contribution in [3.05, 3.63) is 0 Å². The molecule has 156 valence electrons. The number of ether oxygens (including phenoxy) is 1. The molecule has 0 radical (unpaired) electrons. The average Bonchev–Trinajstić information content (AvgIpc) is 3.02. The molecule has 5 unspecified atom stereocenters. The number of aliphatic imine (C=N–C) groups is 2. The number of hydrogen-bond acceptors (Lipinski definition) is 7. The number of hydrogen-bond donors (Lipinski definition) is 1. The summed E-state index contributed by atoms with van der Waals surface area (Å²) in [5.74, 6) is 2.08. The lowest BCUT2D eigenvalue weighted by molar-refractivity contribution is -0.0221. The van der Waals surface area contributed by atoms with Gasteiger partial charge in [0.05, 0.1) is 18.0 Å². The lowest BCUT2D eigenvalue weighted by Crippen LogP contribution is -2.50. The second-order valence-corrected chi connectivity index (χ2v) is 9.03. The van der Waals surface area contributed by atoms with Crippen LogP contribution in [-0.4, -0.2) is 77.5 Å². The van der Waals surface area contributed by atoms with Gasteiger partial charge in [-0.2, -0.15) is 5.10 Å². The van der Waals surface area contributed by atoms with E-state index in [4.69, 9.17) is 19.8 Å². The van der Waals surface area contributed by atoms with Crippen molar-refractivity contribution < 1.29 is 9.84 Å². The number of fused-ring (bicyclic) bond motifs is 1. The standard InChI is InChI=1S/C21H35N5O2/c1-12-20(15-6-8-16(28-5)9-7-15)24-26-19(27)10-18(23-21(12)26)17-11-25(4)14(3)22-13(17)2/h12-13,15-17,19,21,27H,6-11H2,1-5H3. The molecule has 0 amide bonds. The number of amidine groups is 1. The van der Waals surface area contributed by atoms with Crippen LogP contribution in [0.4, 0.5) is 0 Å². The Balaban J connectivity index is 1.52. The van der Waals surface area contributed by atoms with Gasteiger partial charge in [0.15, 0.2) is 0 Å². The van der Waals surface area contributed by atoms with E-state index < -0.39 is 6.23 Å². The van der Waals surface area contributed by atoms with Crippen LogP contribution in [0.3, 0.4) is 0 Å². The summed E-state index contributed by atoms with van der Waals surface area (Å²) in [4.78, 5) is 12.1. The Morgan fingerprint density at radius 1 is 1.11 bits per heavy atom. The molecule has 7 nitrogen and oxygen atoms in total. The molecular formula is C21H35N5O2. The zero-order valence-electron chi connectivity index (χ0n) is 17.9. The Morgan fingerprint density at radius 2 is 1.82 bits per heavy atom. The Labute approximate surface area is 168 Å².